The summed E-state index contributed by atoms with van der Waals surface area (Å²) in [6, 6.07) is 0. The van der Waals surface area contributed by atoms with E-state index in [4.69, 9.17) is 15.0 Å². The topological polar surface area (TPSA) is 68.2 Å². The first-order valence-corrected chi connectivity index (χ1v) is 3.89. The lowest BCUT2D eigenvalue weighted by molar-refractivity contribution is -0.223. The molecule has 0 aromatic rings. The number of aliphatic hydroxyl groups excluding tert-OH is 1. The largest absolute Gasteiger partial charge is 0.394 e. The van der Waals surface area contributed by atoms with Crippen molar-refractivity contribution in [3.05, 3.63) is 0 Å². The second-order valence-electron chi connectivity index (χ2n) is 3.35. The Morgan fingerprint density at radius 3 is 2.85 bits per heavy atom. The molecule has 1 unspecified atom stereocenters. The van der Waals surface area contributed by atoms with E-state index < -0.39 is 36.9 Å². The SMILES string of the molecule is [2H]C([2H])(O)[C@@]1([2H])OC(O)[C@@H]2OC(C)(C)O[C@@]21[2H]. The monoisotopic (exact) mass is 194 g/mol. The maximum atomic E-state index is 9.55. The summed E-state index contributed by atoms with van der Waals surface area (Å²) in [5.74, 6) is -1.27. The molecule has 2 heterocycles. The Balaban J connectivity index is 2.46. The quantitative estimate of drug-likeness (QED) is 0.573. The van der Waals surface area contributed by atoms with Crippen LogP contribution in [0.3, 0.4) is 0 Å². The van der Waals surface area contributed by atoms with Crippen LogP contribution in [0.2, 0.25) is 0 Å². The molecule has 0 bridgehead atoms. The lowest BCUT2D eigenvalue weighted by Crippen LogP contribution is -2.31. The molecule has 76 valence electrons. The van der Waals surface area contributed by atoms with Gasteiger partial charge in [0, 0.05) is 0 Å². The van der Waals surface area contributed by atoms with Gasteiger partial charge in [0.05, 0.1) is 12.0 Å². The highest BCUT2D eigenvalue weighted by Crippen LogP contribution is 2.37. The molecular formula is C8H14O5. The fraction of sp³-hybridized carbons (Fsp3) is 1.00. The Kier molecular flexibility index (Phi) is 1.25. The Labute approximate surface area is 81.8 Å². The summed E-state index contributed by atoms with van der Waals surface area (Å²) >= 11 is 0. The molecule has 13 heavy (non-hydrogen) atoms. The highest BCUT2D eigenvalue weighted by Gasteiger charge is 2.54. The van der Waals surface area contributed by atoms with Crippen LogP contribution in [0.4, 0.5) is 0 Å². The van der Waals surface area contributed by atoms with Gasteiger partial charge in [0.25, 0.3) is 0 Å². The first-order valence-electron chi connectivity index (χ1n) is 5.89. The lowest BCUT2D eigenvalue weighted by Gasteiger charge is -2.21. The fourth-order valence-electron chi connectivity index (χ4n) is 1.39. The molecular weight excluding hydrogens is 176 g/mol. The van der Waals surface area contributed by atoms with Crippen LogP contribution in [0.15, 0.2) is 0 Å². The summed E-state index contributed by atoms with van der Waals surface area (Å²) in [7, 11) is 0. The summed E-state index contributed by atoms with van der Waals surface area (Å²) in [5.41, 5.74) is 0. The van der Waals surface area contributed by atoms with Gasteiger partial charge in [-0.1, -0.05) is 0 Å². The van der Waals surface area contributed by atoms with Crippen LogP contribution in [0.5, 0.6) is 0 Å². The van der Waals surface area contributed by atoms with Crippen LogP contribution >= 0.6 is 0 Å². The third kappa shape index (κ3) is 1.47. The van der Waals surface area contributed by atoms with Crippen LogP contribution in [0.1, 0.15) is 19.3 Å². The molecule has 0 radical (unpaired) electrons. The van der Waals surface area contributed by atoms with Crippen molar-refractivity contribution in [1.29, 1.82) is 0 Å². The zero-order chi connectivity index (χ0) is 13.3. The molecule has 0 saturated carbocycles. The van der Waals surface area contributed by atoms with E-state index in [-0.39, 0.29) is 0 Å². The van der Waals surface area contributed by atoms with Gasteiger partial charge < -0.3 is 24.4 Å². The molecule has 0 aromatic carbocycles. The Morgan fingerprint density at radius 2 is 2.23 bits per heavy atom. The number of rotatable bonds is 1. The van der Waals surface area contributed by atoms with E-state index in [1.54, 1.807) is 0 Å². The van der Waals surface area contributed by atoms with Crippen LogP contribution in [-0.2, 0) is 14.2 Å². The van der Waals surface area contributed by atoms with Crippen LogP contribution < -0.4 is 0 Å². The maximum Gasteiger partial charge on any atom is 0.184 e. The normalized spacial score (nSPS) is 64.9. The van der Waals surface area contributed by atoms with Gasteiger partial charge >= 0.3 is 0 Å². The number of fused-ring (bicyclic) bond motifs is 1. The molecule has 2 saturated heterocycles. The zero-order valence-electron chi connectivity index (χ0n) is 11.3. The average molecular weight is 194 g/mol. The Hall–Kier alpha value is -0.200. The molecule has 5 heteroatoms. The predicted molar refractivity (Wildman–Crippen MR) is 41.8 cm³/mol. The number of aliphatic hydroxyl groups is 2. The van der Waals surface area contributed by atoms with E-state index in [1.807, 2.05) is 0 Å². The molecule has 5 nitrogen and oxygen atoms in total. The van der Waals surface area contributed by atoms with E-state index in [0.29, 0.717) is 0 Å². The predicted octanol–water partition coefficient (Wildman–Crippen LogP) is -0.784. The molecule has 0 aromatic heterocycles. The molecule has 4 atom stereocenters. The van der Waals surface area contributed by atoms with Gasteiger partial charge in [0.1, 0.15) is 18.3 Å². The van der Waals surface area contributed by atoms with E-state index in [1.165, 1.54) is 13.8 Å². The van der Waals surface area contributed by atoms with Crippen molar-refractivity contribution in [3.8, 4) is 0 Å². The second kappa shape index (κ2) is 2.90. The van der Waals surface area contributed by atoms with Crippen molar-refractivity contribution >= 4 is 0 Å². The van der Waals surface area contributed by atoms with Gasteiger partial charge in [-0.2, -0.15) is 0 Å². The smallest absolute Gasteiger partial charge is 0.184 e. The molecule has 0 aliphatic carbocycles. The summed E-state index contributed by atoms with van der Waals surface area (Å²) in [6.07, 6.45) is -8.22. The minimum atomic E-state index is -3.19. The zero-order valence-corrected chi connectivity index (χ0v) is 7.27. The summed E-state index contributed by atoms with van der Waals surface area (Å²) in [5, 5.41) is 18.9. The molecule has 2 N–H and O–H groups in total. The standard InChI is InChI=1S/C8H14O5/c1-8(2)12-5-4(3-9)11-7(10)6(5)13-8/h4-7,9-10H,3H2,1-2H3/t4-,5-,6-,7?/m1/s1/i3D2,4D,5D. The summed E-state index contributed by atoms with van der Waals surface area (Å²) in [4.78, 5) is 0. The van der Waals surface area contributed by atoms with E-state index >= 15 is 0 Å². The number of hydrogen-bond donors (Lipinski definition) is 2. The minimum absolute atomic E-state index is 1.27. The van der Waals surface area contributed by atoms with Gasteiger partial charge in [-0.25, -0.2) is 0 Å². The Morgan fingerprint density at radius 1 is 1.54 bits per heavy atom. The van der Waals surface area contributed by atoms with Crippen LogP contribution in [0.25, 0.3) is 0 Å². The molecule has 2 rings (SSSR count). The van der Waals surface area contributed by atoms with Gasteiger partial charge in [-0.15, -0.1) is 0 Å². The second-order valence-corrected chi connectivity index (χ2v) is 3.35. The highest BCUT2D eigenvalue weighted by atomic mass is 16.8. The Bertz CT molecular complexity index is 345. The molecule has 0 spiro atoms. The third-order valence-electron chi connectivity index (χ3n) is 1.85. The van der Waals surface area contributed by atoms with Crippen molar-refractivity contribution < 1.29 is 29.9 Å². The highest BCUT2D eigenvalue weighted by molar-refractivity contribution is 4.94. The first-order chi connectivity index (χ1) is 7.43. The average Bonchev–Trinajstić information content (AvgIpc) is 2.43. The van der Waals surface area contributed by atoms with E-state index in [2.05, 4.69) is 4.74 Å². The van der Waals surface area contributed by atoms with Crippen molar-refractivity contribution in [2.24, 2.45) is 0 Å². The van der Waals surface area contributed by atoms with Crippen molar-refractivity contribution in [2.75, 3.05) is 6.56 Å². The molecule has 2 aliphatic heterocycles. The van der Waals surface area contributed by atoms with Crippen LogP contribution in [0, 0.1) is 0 Å². The molecule has 0 amide bonds. The molecule has 2 aliphatic rings. The summed E-state index contributed by atoms with van der Waals surface area (Å²) < 4.78 is 45.0. The van der Waals surface area contributed by atoms with Crippen molar-refractivity contribution in [3.63, 3.8) is 0 Å². The van der Waals surface area contributed by atoms with Gasteiger partial charge in [0.2, 0.25) is 0 Å². The van der Waals surface area contributed by atoms with E-state index in [0.717, 1.165) is 0 Å². The fourth-order valence-corrected chi connectivity index (χ4v) is 1.39. The minimum Gasteiger partial charge on any atom is -0.394 e. The van der Waals surface area contributed by atoms with Gasteiger partial charge in [0.15, 0.2) is 12.1 Å². The maximum absolute atomic E-state index is 9.55. The van der Waals surface area contributed by atoms with Gasteiger partial charge in [-0.3, -0.25) is 0 Å². The van der Waals surface area contributed by atoms with Crippen molar-refractivity contribution in [2.45, 2.75) is 44.2 Å². The lowest BCUT2D eigenvalue weighted by atomic mass is 10.1. The van der Waals surface area contributed by atoms with Gasteiger partial charge in [-0.05, 0) is 13.8 Å². The first kappa shape index (κ1) is 5.63. The summed E-state index contributed by atoms with van der Waals surface area (Å²) in [6.45, 7) is -0.266. The van der Waals surface area contributed by atoms with E-state index in [9.17, 15) is 10.2 Å². The number of hydrogen-bond acceptors (Lipinski definition) is 5. The number of ether oxygens (including phenoxy) is 3. The molecule has 2 fully saturated rings. The van der Waals surface area contributed by atoms with Crippen LogP contribution in [-0.4, -0.2) is 47.1 Å². The van der Waals surface area contributed by atoms with Crippen molar-refractivity contribution in [1.82, 2.24) is 0 Å². The third-order valence-corrected chi connectivity index (χ3v) is 1.85.